The number of halogens is 1. The lowest BCUT2D eigenvalue weighted by atomic mass is 9.70. The molecule has 2 aliphatic rings. The van der Waals surface area contributed by atoms with Crippen LogP contribution in [0.3, 0.4) is 0 Å². The van der Waals surface area contributed by atoms with Crippen molar-refractivity contribution in [2.45, 2.75) is 32.6 Å². The highest BCUT2D eigenvalue weighted by Gasteiger charge is 2.42. The summed E-state index contributed by atoms with van der Waals surface area (Å²) in [7, 11) is 0. The lowest BCUT2D eigenvalue weighted by Gasteiger charge is -2.38. The minimum Gasteiger partial charge on any atom is -0.468 e. The minimum atomic E-state index is -0.573. The molecule has 0 saturated heterocycles. The summed E-state index contributed by atoms with van der Waals surface area (Å²) in [6.45, 7) is 4.10. The van der Waals surface area contributed by atoms with Crippen LogP contribution in [0.1, 0.15) is 38.4 Å². The lowest BCUT2D eigenvalue weighted by Crippen LogP contribution is -2.37. The van der Waals surface area contributed by atoms with Gasteiger partial charge in [-0.15, -0.1) is 0 Å². The Balaban J connectivity index is 1.60. The number of benzene rings is 1. The van der Waals surface area contributed by atoms with Crippen molar-refractivity contribution in [3.8, 4) is 6.07 Å². The molecule has 1 aliphatic heterocycles. The maximum atomic E-state index is 13.1. The Labute approximate surface area is 195 Å². The van der Waals surface area contributed by atoms with Crippen LogP contribution >= 0.6 is 23.4 Å². The molecule has 2 aromatic rings. The SMILES string of the molecule is CC1(C)CC(=O)C2=C(C1)NC(SCC(=O)Nc1ccc(Cl)cc1)=C(C#N)[C@H]2c1ccco1. The Kier molecular flexibility index (Phi) is 6.18. The van der Waals surface area contributed by atoms with Crippen molar-refractivity contribution in [1.82, 2.24) is 5.32 Å². The molecule has 1 aliphatic carbocycles. The molecule has 1 aromatic heterocycles. The molecule has 0 fully saturated rings. The van der Waals surface area contributed by atoms with Gasteiger partial charge in [-0.25, -0.2) is 0 Å². The van der Waals surface area contributed by atoms with E-state index in [0.29, 0.717) is 45.5 Å². The van der Waals surface area contributed by atoms with Crippen LogP contribution in [0, 0.1) is 16.7 Å². The fraction of sp³-hybridized carbons (Fsp3) is 0.292. The van der Waals surface area contributed by atoms with Crippen molar-refractivity contribution in [1.29, 1.82) is 5.26 Å². The molecule has 2 N–H and O–H groups in total. The number of rotatable bonds is 5. The molecular formula is C24H22ClN3O3S. The number of hydrogen-bond acceptors (Lipinski definition) is 6. The number of Topliss-reactive ketones (excluding diaryl/α,β-unsaturated/α-hetero) is 1. The number of carbonyl (C=O) groups is 2. The van der Waals surface area contributed by atoms with Gasteiger partial charge < -0.3 is 15.1 Å². The van der Waals surface area contributed by atoms with E-state index in [1.54, 1.807) is 36.4 Å². The second kappa shape index (κ2) is 8.89. The molecule has 4 rings (SSSR count). The molecule has 2 heterocycles. The zero-order valence-electron chi connectivity index (χ0n) is 17.7. The summed E-state index contributed by atoms with van der Waals surface area (Å²) in [5.74, 6) is -0.120. The first-order valence-electron chi connectivity index (χ1n) is 10.2. The molecule has 8 heteroatoms. The van der Waals surface area contributed by atoms with Crippen LogP contribution in [-0.4, -0.2) is 17.4 Å². The van der Waals surface area contributed by atoms with Gasteiger partial charge in [-0.1, -0.05) is 37.2 Å². The normalized spacial score (nSPS) is 19.8. The van der Waals surface area contributed by atoms with E-state index in [0.717, 1.165) is 5.70 Å². The quantitative estimate of drug-likeness (QED) is 0.613. The smallest absolute Gasteiger partial charge is 0.234 e. The summed E-state index contributed by atoms with van der Waals surface area (Å²) in [5, 5.41) is 17.3. The first-order valence-corrected chi connectivity index (χ1v) is 11.5. The number of hydrogen-bond donors (Lipinski definition) is 2. The van der Waals surface area contributed by atoms with Gasteiger partial charge in [0.2, 0.25) is 5.91 Å². The first kappa shape index (κ1) is 22.3. The number of anilines is 1. The molecule has 6 nitrogen and oxygen atoms in total. The number of nitrogens with one attached hydrogen (secondary N) is 2. The Morgan fingerprint density at radius 1 is 1.31 bits per heavy atom. The maximum Gasteiger partial charge on any atom is 0.234 e. The molecule has 1 aromatic carbocycles. The van der Waals surface area contributed by atoms with Crippen LogP contribution in [-0.2, 0) is 9.59 Å². The minimum absolute atomic E-state index is 0.0161. The van der Waals surface area contributed by atoms with Gasteiger partial charge in [0, 0.05) is 28.4 Å². The number of amides is 1. The fourth-order valence-corrected chi connectivity index (χ4v) is 5.09. The van der Waals surface area contributed by atoms with Gasteiger partial charge in [-0.2, -0.15) is 5.26 Å². The molecule has 0 unspecified atom stereocenters. The number of carbonyl (C=O) groups excluding carboxylic acids is 2. The van der Waals surface area contributed by atoms with Gasteiger partial charge in [0.25, 0.3) is 0 Å². The number of dihydropyridines is 1. The van der Waals surface area contributed by atoms with E-state index in [1.807, 2.05) is 13.8 Å². The van der Waals surface area contributed by atoms with E-state index in [1.165, 1.54) is 18.0 Å². The van der Waals surface area contributed by atoms with E-state index in [9.17, 15) is 14.9 Å². The second-order valence-electron chi connectivity index (χ2n) is 8.60. The van der Waals surface area contributed by atoms with Gasteiger partial charge in [-0.05, 0) is 48.2 Å². The molecule has 1 amide bonds. The number of nitriles is 1. The van der Waals surface area contributed by atoms with E-state index < -0.39 is 5.92 Å². The number of allylic oxidation sites excluding steroid dienone is 3. The summed E-state index contributed by atoms with van der Waals surface area (Å²) in [6.07, 6.45) is 2.62. The number of nitrogens with zero attached hydrogens (tertiary/aromatic N) is 1. The zero-order chi connectivity index (χ0) is 22.9. The third-order valence-corrected chi connectivity index (χ3v) is 6.70. The summed E-state index contributed by atoms with van der Waals surface area (Å²) in [4.78, 5) is 25.6. The Bertz CT molecular complexity index is 1160. The van der Waals surface area contributed by atoms with Gasteiger partial charge in [0.15, 0.2) is 5.78 Å². The van der Waals surface area contributed by atoms with Gasteiger partial charge in [0.05, 0.1) is 34.6 Å². The van der Waals surface area contributed by atoms with Gasteiger partial charge >= 0.3 is 0 Å². The molecule has 0 bridgehead atoms. The molecule has 0 spiro atoms. The Morgan fingerprint density at radius 3 is 2.72 bits per heavy atom. The summed E-state index contributed by atoms with van der Waals surface area (Å²) in [5.41, 5.74) is 2.22. The first-order chi connectivity index (χ1) is 15.3. The summed E-state index contributed by atoms with van der Waals surface area (Å²) < 4.78 is 5.62. The van der Waals surface area contributed by atoms with Crippen molar-refractivity contribution in [2.24, 2.45) is 5.41 Å². The molecule has 0 saturated carbocycles. The third-order valence-electron chi connectivity index (χ3n) is 5.43. The molecule has 164 valence electrons. The molecule has 32 heavy (non-hydrogen) atoms. The molecular weight excluding hydrogens is 446 g/mol. The monoisotopic (exact) mass is 467 g/mol. The number of furan rings is 1. The molecule has 0 radical (unpaired) electrons. The average Bonchev–Trinajstić information content (AvgIpc) is 3.26. The Hall–Kier alpha value is -2.95. The van der Waals surface area contributed by atoms with Crippen LogP contribution in [0.4, 0.5) is 5.69 Å². The maximum absolute atomic E-state index is 13.1. The van der Waals surface area contributed by atoms with Crippen molar-refractivity contribution in [2.75, 3.05) is 11.1 Å². The highest BCUT2D eigenvalue weighted by Crippen LogP contribution is 2.47. The fourth-order valence-electron chi connectivity index (χ4n) is 4.10. The van der Waals surface area contributed by atoms with Crippen molar-refractivity contribution < 1.29 is 14.0 Å². The van der Waals surface area contributed by atoms with Gasteiger partial charge in [-0.3, -0.25) is 9.59 Å². The van der Waals surface area contributed by atoms with Crippen LogP contribution in [0.5, 0.6) is 0 Å². The third kappa shape index (κ3) is 4.62. The summed E-state index contributed by atoms with van der Waals surface area (Å²) >= 11 is 7.13. The van der Waals surface area contributed by atoms with E-state index >= 15 is 0 Å². The standard InChI is InChI=1S/C24H22ClN3O3S/c1-24(2)10-17-22(18(29)11-24)21(19-4-3-9-31-19)16(12-26)23(28-17)32-13-20(30)27-15-7-5-14(25)6-8-15/h3-9,21,28H,10-11,13H2,1-2H3,(H,27,30)/t21-/m0/s1. The van der Waals surface area contributed by atoms with E-state index in [-0.39, 0.29) is 22.9 Å². The highest BCUT2D eigenvalue weighted by molar-refractivity contribution is 8.03. The van der Waals surface area contributed by atoms with Crippen LogP contribution < -0.4 is 10.6 Å². The Morgan fingerprint density at radius 2 is 2.06 bits per heavy atom. The highest BCUT2D eigenvalue weighted by atomic mass is 35.5. The van der Waals surface area contributed by atoms with Crippen molar-refractivity contribution in [3.63, 3.8) is 0 Å². The van der Waals surface area contributed by atoms with Crippen molar-refractivity contribution in [3.05, 3.63) is 75.3 Å². The molecule has 1 atom stereocenters. The van der Waals surface area contributed by atoms with Gasteiger partial charge in [0.1, 0.15) is 5.76 Å². The lowest BCUT2D eigenvalue weighted by molar-refractivity contribution is -0.118. The average molecular weight is 468 g/mol. The van der Waals surface area contributed by atoms with Crippen LogP contribution in [0.25, 0.3) is 0 Å². The zero-order valence-corrected chi connectivity index (χ0v) is 19.3. The topological polar surface area (TPSA) is 95.1 Å². The van der Waals surface area contributed by atoms with E-state index in [4.69, 9.17) is 16.0 Å². The van der Waals surface area contributed by atoms with Crippen molar-refractivity contribution >= 4 is 40.7 Å². The predicted octanol–water partition coefficient (Wildman–Crippen LogP) is 5.37. The summed E-state index contributed by atoms with van der Waals surface area (Å²) in [6, 6.07) is 12.6. The number of thioether (sulfide) groups is 1. The number of ketones is 1. The van der Waals surface area contributed by atoms with E-state index in [2.05, 4.69) is 16.7 Å². The predicted molar refractivity (Wildman–Crippen MR) is 125 cm³/mol. The largest absolute Gasteiger partial charge is 0.468 e. The second-order valence-corrected chi connectivity index (χ2v) is 10.0. The van der Waals surface area contributed by atoms with Crippen LogP contribution in [0.15, 0.2) is 69.0 Å². The van der Waals surface area contributed by atoms with Crippen LogP contribution in [0.2, 0.25) is 5.02 Å².